The van der Waals surface area contributed by atoms with Crippen LogP contribution < -0.4 is 10.1 Å². The van der Waals surface area contributed by atoms with E-state index >= 15 is 0 Å². The van der Waals surface area contributed by atoms with Gasteiger partial charge in [0.15, 0.2) is 6.29 Å². The zero-order chi connectivity index (χ0) is 34.0. The third kappa shape index (κ3) is 10.3. The number of hydrogen-bond acceptors (Lipinski definition) is 6. The Bertz CT molecular complexity index is 1400. The van der Waals surface area contributed by atoms with E-state index in [0.717, 1.165) is 40.0 Å². The minimum atomic E-state index is -0.865. The number of ether oxygens (including phenoxy) is 4. The molecular formula is C39H52N2O6. The predicted octanol–water partition coefficient (Wildman–Crippen LogP) is 7.59. The molecule has 0 fully saturated rings. The average Bonchev–Trinajstić information content (AvgIpc) is 3.35. The quantitative estimate of drug-likeness (QED) is 0.162. The normalized spacial score (nSPS) is 13.3. The molecule has 0 heterocycles. The predicted molar refractivity (Wildman–Crippen MR) is 186 cm³/mol. The third-order valence-corrected chi connectivity index (χ3v) is 8.08. The fourth-order valence-electron chi connectivity index (χ4n) is 5.90. The van der Waals surface area contributed by atoms with Crippen molar-refractivity contribution in [2.24, 2.45) is 5.92 Å². The Balaban J connectivity index is 1.55. The number of nitrogens with one attached hydrogen (secondary N) is 1. The molecule has 0 unspecified atom stereocenters. The van der Waals surface area contributed by atoms with Gasteiger partial charge in [-0.25, -0.2) is 4.79 Å². The molecule has 254 valence electrons. The minimum Gasteiger partial charge on any atom is -0.488 e. The lowest BCUT2D eigenvalue weighted by Crippen LogP contribution is -2.52. The number of nitrogens with zero attached hydrogens (tertiary/aromatic N) is 1. The second kappa shape index (κ2) is 16.8. The molecule has 1 aliphatic carbocycles. The van der Waals surface area contributed by atoms with E-state index in [4.69, 9.17) is 18.9 Å². The Morgan fingerprint density at radius 3 is 1.96 bits per heavy atom. The number of amides is 2. The van der Waals surface area contributed by atoms with Crippen LogP contribution in [0.5, 0.6) is 5.75 Å². The van der Waals surface area contributed by atoms with Gasteiger partial charge >= 0.3 is 6.09 Å². The first kappa shape index (κ1) is 36.0. The molecule has 0 aliphatic heterocycles. The summed E-state index contributed by atoms with van der Waals surface area (Å²) in [5.74, 6) is 0.826. The van der Waals surface area contributed by atoms with Crippen LogP contribution in [0.15, 0.2) is 72.8 Å². The molecular weight excluding hydrogens is 592 g/mol. The first-order valence-electron chi connectivity index (χ1n) is 16.9. The maximum Gasteiger partial charge on any atom is 0.407 e. The van der Waals surface area contributed by atoms with Crippen LogP contribution in [0.25, 0.3) is 11.1 Å². The van der Waals surface area contributed by atoms with Gasteiger partial charge in [0.25, 0.3) is 0 Å². The van der Waals surface area contributed by atoms with Crippen LogP contribution in [-0.4, -0.2) is 67.7 Å². The molecule has 4 rings (SSSR count). The molecule has 1 N–H and O–H groups in total. The Morgan fingerprint density at radius 2 is 1.43 bits per heavy atom. The maximum absolute atomic E-state index is 14.3. The average molecular weight is 645 g/mol. The highest BCUT2D eigenvalue weighted by Crippen LogP contribution is 2.44. The number of alkyl carbamates (subject to hydrolysis) is 1. The van der Waals surface area contributed by atoms with E-state index in [1.165, 1.54) is 0 Å². The lowest BCUT2D eigenvalue weighted by atomic mass is 9.98. The molecule has 3 aromatic rings. The summed E-state index contributed by atoms with van der Waals surface area (Å²) in [6.07, 6.45) is -0.115. The lowest BCUT2D eigenvalue weighted by molar-refractivity contribution is -0.160. The highest BCUT2D eigenvalue weighted by atomic mass is 16.7. The fourth-order valence-corrected chi connectivity index (χ4v) is 5.90. The Morgan fingerprint density at radius 1 is 0.851 bits per heavy atom. The molecule has 47 heavy (non-hydrogen) atoms. The summed E-state index contributed by atoms with van der Waals surface area (Å²) in [5.41, 5.74) is 5.12. The van der Waals surface area contributed by atoms with Crippen LogP contribution in [0, 0.1) is 5.92 Å². The van der Waals surface area contributed by atoms with Gasteiger partial charge in [0.1, 0.15) is 24.0 Å². The molecule has 0 spiro atoms. The SMILES string of the molecule is CCOC(CN(CCC(C)C)C(=O)[C@H](Cc1ccc(OC(C)(C)C)cc1)NC(=O)OCC1c2ccccc2-c2ccccc21)OCC. The van der Waals surface area contributed by atoms with Crippen LogP contribution >= 0.6 is 0 Å². The van der Waals surface area contributed by atoms with Gasteiger partial charge in [0, 0.05) is 32.1 Å². The monoisotopic (exact) mass is 644 g/mol. The zero-order valence-electron chi connectivity index (χ0n) is 29.1. The number of rotatable bonds is 16. The largest absolute Gasteiger partial charge is 0.488 e. The van der Waals surface area contributed by atoms with Gasteiger partial charge in [0.05, 0.1) is 6.54 Å². The number of fused-ring (bicyclic) bond motifs is 3. The highest BCUT2D eigenvalue weighted by Gasteiger charge is 2.32. The van der Waals surface area contributed by atoms with Crippen molar-refractivity contribution in [2.45, 2.75) is 85.2 Å². The highest BCUT2D eigenvalue weighted by molar-refractivity contribution is 5.86. The molecule has 0 aromatic heterocycles. The summed E-state index contributed by atoms with van der Waals surface area (Å²) in [5, 5.41) is 2.93. The van der Waals surface area contributed by atoms with E-state index in [1.807, 2.05) is 83.1 Å². The van der Waals surface area contributed by atoms with Crippen molar-refractivity contribution in [3.05, 3.63) is 89.5 Å². The molecule has 0 saturated heterocycles. The summed E-state index contributed by atoms with van der Waals surface area (Å²) in [6, 6.07) is 23.2. The molecule has 0 bridgehead atoms. The van der Waals surface area contributed by atoms with Crippen LogP contribution in [0.4, 0.5) is 4.79 Å². The van der Waals surface area contributed by atoms with E-state index in [9.17, 15) is 9.59 Å². The van der Waals surface area contributed by atoms with E-state index in [2.05, 4.69) is 43.4 Å². The Kier molecular flexibility index (Phi) is 12.9. The molecule has 8 heteroatoms. The first-order chi connectivity index (χ1) is 22.5. The van der Waals surface area contributed by atoms with Crippen molar-refractivity contribution in [2.75, 3.05) is 32.9 Å². The summed E-state index contributed by atoms with van der Waals surface area (Å²) < 4.78 is 23.5. The lowest BCUT2D eigenvalue weighted by Gasteiger charge is -2.31. The second-order valence-corrected chi connectivity index (χ2v) is 13.4. The molecule has 0 saturated carbocycles. The van der Waals surface area contributed by atoms with Gasteiger partial charge < -0.3 is 29.2 Å². The molecule has 8 nitrogen and oxygen atoms in total. The summed E-state index contributed by atoms with van der Waals surface area (Å²) >= 11 is 0. The number of hydrogen-bond donors (Lipinski definition) is 1. The molecule has 2 amide bonds. The third-order valence-electron chi connectivity index (χ3n) is 8.08. The van der Waals surface area contributed by atoms with E-state index < -0.39 is 18.4 Å². The smallest absolute Gasteiger partial charge is 0.407 e. The summed E-state index contributed by atoms with van der Waals surface area (Å²) in [6.45, 7) is 15.9. The zero-order valence-corrected chi connectivity index (χ0v) is 29.1. The van der Waals surface area contributed by atoms with Crippen LogP contribution in [-0.2, 0) is 25.4 Å². The first-order valence-corrected chi connectivity index (χ1v) is 16.9. The van der Waals surface area contributed by atoms with Crippen molar-refractivity contribution in [3.8, 4) is 16.9 Å². The van der Waals surface area contributed by atoms with E-state index in [-0.39, 0.29) is 37.0 Å². The van der Waals surface area contributed by atoms with Gasteiger partial charge in [-0.15, -0.1) is 0 Å². The summed E-state index contributed by atoms with van der Waals surface area (Å²) in [7, 11) is 0. The number of carbonyl (C=O) groups excluding carboxylic acids is 2. The maximum atomic E-state index is 14.3. The molecule has 3 aromatic carbocycles. The van der Waals surface area contributed by atoms with Crippen LogP contribution in [0.3, 0.4) is 0 Å². The second-order valence-electron chi connectivity index (χ2n) is 13.4. The van der Waals surface area contributed by atoms with Crippen LogP contribution in [0.2, 0.25) is 0 Å². The van der Waals surface area contributed by atoms with Crippen molar-refractivity contribution < 1.29 is 28.5 Å². The van der Waals surface area contributed by atoms with E-state index in [0.29, 0.717) is 25.7 Å². The topological polar surface area (TPSA) is 86.3 Å². The van der Waals surface area contributed by atoms with Gasteiger partial charge in [0.2, 0.25) is 5.91 Å². The number of carbonyl (C=O) groups is 2. The summed E-state index contributed by atoms with van der Waals surface area (Å²) in [4.78, 5) is 29.5. The Hall–Kier alpha value is -3.88. The molecule has 1 aliphatic rings. The van der Waals surface area contributed by atoms with Crippen molar-refractivity contribution in [1.82, 2.24) is 10.2 Å². The minimum absolute atomic E-state index is 0.0849. The van der Waals surface area contributed by atoms with E-state index in [1.54, 1.807) is 4.90 Å². The van der Waals surface area contributed by atoms with Gasteiger partial charge in [-0.2, -0.15) is 0 Å². The van der Waals surface area contributed by atoms with Gasteiger partial charge in [-0.1, -0.05) is 74.5 Å². The van der Waals surface area contributed by atoms with Crippen molar-refractivity contribution in [1.29, 1.82) is 0 Å². The van der Waals surface area contributed by atoms with Gasteiger partial charge in [-0.3, -0.25) is 4.79 Å². The van der Waals surface area contributed by atoms with Gasteiger partial charge in [-0.05, 0) is 86.9 Å². The molecule has 0 radical (unpaired) electrons. The fraction of sp³-hybridized carbons (Fsp3) is 0.487. The van der Waals surface area contributed by atoms with Crippen molar-refractivity contribution >= 4 is 12.0 Å². The standard InChI is InChI=1S/C39H52N2O6/c1-8-44-36(45-9-2)25-41(23-22-27(3)4)37(42)35(24-28-18-20-29(21-19-28)47-39(5,6)7)40-38(43)46-26-34-32-16-12-10-14-30(32)31-15-11-13-17-33(31)34/h10-21,27,34-36H,8-9,22-26H2,1-7H3,(H,40,43)/t35-/m0/s1. The molecule has 1 atom stereocenters. The Labute approximate surface area is 280 Å². The number of benzene rings is 3. The van der Waals surface area contributed by atoms with Crippen LogP contribution in [0.1, 0.15) is 77.5 Å². The van der Waals surface area contributed by atoms with Crippen molar-refractivity contribution in [3.63, 3.8) is 0 Å².